The smallest absolute Gasteiger partial charge is 0.255 e. The van der Waals surface area contributed by atoms with Gasteiger partial charge in [-0.2, -0.15) is 4.98 Å². The zero-order chi connectivity index (χ0) is 23.8. The van der Waals surface area contributed by atoms with Gasteiger partial charge in [0.2, 0.25) is 5.95 Å². The largest absolute Gasteiger partial charge is 0.508 e. The Morgan fingerprint density at radius 1 is 1.06 bits per heavy atom. The van der Waals surface area contributed by atoms with E-state index in [2.05, 4.69) is 15.6 Å². The van der Waals surface area contributed by atoms with E-state index in [0.29, 0.717) is 49.9 Å². The molecule has 34 heavy (non-hydrogen) atoms. The summed E-state index contributed by atoms with van der Waals surface area (Å²) in [4.78, 5) is 18.1. The summed E-state index contributed by atoms with van der Waals surface area (Å²) >= 11 is 12.4. The average molecular weight is 492 g/mol. The van der Waals surface area contributed by atoms with E-state index in [-0.39, 0.29) is 11.7 Å². The van der Waals surface area contributed by atoms with Crippen LogP contribution in [0.3, 0.4) is 0 Å². The van der Waals surface area contributed by atoms with Gasteiger partial charge < -0.3 is 15.7 Å². The maximum Gasteiger partial charge on any atom is 0.255 e. The highest BCUT2D eigenvalue weighted by Crippen LogP contribution is 2.38. The molecule has 3 aromatic carbocycles. The number of benzene rings is 3. The summed E-state index contributed by atoms with van der Waals surface area (Å²) in [5, 5.41) is 21.9. The number of anilines is 2. The lowest BCUT2D eigenvalue weighted by molar-refractivity contribution is -0.113. The van der Waals surface area contributed by atoms with Crippen molar-refractivity contribution in [2.75, 3.05) is 10.6 Å². The number of carbonyl (C=O) groups is 1. The Labute approximate surface area is 205 Å². The van der Waals surface area contributed by atoms with Crippen LogP contribution in [0.4, 0.5) is 11.6 Å². The number of carbonyl (C=O) groups excluding carboxylic acids is 1. The summed E-state index contributed by atoms with van der Waals surface area (Å²) in [6, 6.07) is 20.4. The van der Waals surface area contributed by atoms with E-state index in [1.54, 1.807) is 41.1 Å². The number of aromatic nitrogens is 3. The number of nitrogens with one attached hydrogen (secondary N) is 2. The van der Waals surface area contributed by atoms with Crippen molar-refractivity contribution in [1.29, 1.82) is 0 Å². The number of fused-ring (bicyclic) bond motifs is 1. The highest BCUT2D eigenvalue weighted by molar-refractivity contribution is 6.36. The molecule has 1 aromatic heterocycles. The van der Waals surface area contributed by atoms with Crippen molar-refractivity contribution in [3.05, 3.63) is 99.7 Å². The van der Waals surface area contributed by atoms with Crippen molar-refractivity contribution in [3.63, 3.8) is 0 Å². The molecule has 0 radical (unpaired) electrons. The molecule has 5 rings (SSSR count). The lowest BCUT2D eigenvalue weighted by Gasteiger charge is -2.28. The minimum Gasteiger partial charge on any atom is -0.508 e. The van der Waals surface area contributed by atoms with Crippen LogP contribution in [0.1, 0.15) is 18.5 Å². The maximum atomic E-state index is 13.5. The number of phenols is 1. The molecule has 1 aliphatic heterocycles. The van der Waals surface area contributed by atoms with Gasteiger partial charge in [-0.25, -0.2) is 4.68 Å². The van der Waals surface area contributed by atoms with Gasteiger partial charge in [-0.05, 0) is 55.0 Å². The molecule has 0 saturated heterocycles. The number of nitrogens with zero attached hydrogens (tertiary/aromatic N) is 3. The number of aromatic hydroxyl groups is 1. The van der Waals surface area contributed by atoms with Gasteiger partial charge in [-0.1, -0.05) is 53.5 Å². The van der Waals surface area contributed by atoms with E-state index >= 15 is 0 Å². The second-order valence-electron chi connectivity index (χ2n) is 7.81. The number of rotatable bonds is 4. The number of para-hydroxylation sites is 1. The van der Waals surface area contributed by atoms with Gasteiger partial charge in [0.1, 0.15) is 11.8 Å². The molecule has 1 aliphatic rings. The lowest BCUT2D eigenvalue weighted by atomic mass is 9.95. The second kappa shape index (κ2) is 8.85. The molecule has 1 atom stereocenters. The van der Waals surface area contributed by atoms with Gasteiger partial charge in [0.25, 0.3) is 5.91 Å². The van der Waals surface area contributed by atoms with E-state index in [4.69, 9.17) is 28.3 Å². The molecular weight excluding hydrogens is 473 g/mol. The Kier molecular flexibility index (Phi) is 5.73. The van der Waals surface area contributed by atoms with E-state index in [9.17, 15) is 9.90 Å². The average Bonchev–Trinajstić information content (AvgIpc) is 3.21. The summed E-state index contributed by atoms with van der Waals surface area (Å²) in [7, 11) is 0. The van der Waals surface area contributed by atoms with Crippen molar-refractivity contribution in [2.45, 2.75) is 13.0 Å². The van der Waals surface area contributed by atoms with E-state index in [1.807, 2.05) is 43.3 Å². The molecule has 2 heterocycles. The van der Waals surface area contributed by atoms with Crippen LogP contribution in [0, 0.1) is 0 Å². The first-order chi connectivity index (χ1) is 16.4. The fraction of sp³-hybridized carbons (Fsp3) is 0.0800. The number of hydrogen-bond acceptors (Lipinski definition) is 5. The zero-order valence-corrected chi connectivity index (χ0v) is 19.5. The Morgan fingerprint density at radius 2 is 1.85 bits per heavy atom. The first-order valence-corrected chi connectivity index (χ1v) is 11.2. The number of allylic oxidation sites excluding steroid dienone is 1. The van der Waals surface area contributed by atoms with Crippen LogP contribution >= 0.6 is 23.2 Å². The fourth-order valence-corrected chi connectivity index (χ4v) is 4.45. The van der Waals surface area contributed by atoms with Gasteiger partial charge >= 0.3 is 0 Å². The highest BCUT2D eigenvalue weighted by Gasteiger charge is 2.35. The van der Waals surface area contributed by atoms with E-state index < -0.39 is 6.04 Å². The molecule has 0 bridgehead atoms. The van der Waals surface area contributed by atoms with Gasteiger partial charge in [-0.15, -0.1) is 5.10 Å². The Balaban J connectivity index is 1.62. The molecule has 3 N–H and O–H groups in total. The summed E-state index contributed by atoms with van der Waals surface area (Å²) in [5.74, 6) is 0.617. The van der Waals surface area contributed by atoms with Crippen LogP contribution in [0.25, 0.3) is 11.4 Å². The van der Waals surface area contributed by atoms with E-state index in [1.165, 1.54) is 0 Å². The molecule has 4 aromatic rings. The van der Waals surface area contributed by atoms with Crippen LogP contribution in [-0.2, 0) is 4.79 Å². The van der Waals surface area contributed by atoms with Crippen LogP contribution in [0.15, 0.2) is 84.1 Å². The molecule has 7 nitrogen and oxygen atoms in total. The second-order valence-corrected chi connectivity index (χ2v) is 8.65. The van der Waals surface area contributed by atoms with Gasteiger partial charge in [0.15, 0.2) is 5.82 Å². The fourth-order valence-electron chi connectivity index (χ4n) is 3.95. The quantitative estimate of drug-likeness (QED) is 0.331. The minimum absolute atomic E-state index is 0.0825. The Hall–Kier alpha value is -3.81. The van der Waals surface area contributed by atoms with Crippen molar-refractivity contribution in [3.8, 4) is 17.1 Å². The van der Waals surface area contributed by atoms with Gasteiger partial charge in [0, 0.05) is 22.0 Å². The lowest BCUT2D eigenvalue weighted by Crippen LogP contribution is -2.31. The molecule has 0 fully saturated rings. The first-order valence-electron chi connectivity index (χ1n) is 10.5. The molecule has 9 heteroatoms. The molecule has 0 aliphatic carbocycles. The predicted octanol–water partition coefficient (Wildman–Crippen LogP) is 5.89. The standard InChI is InChI=1S/C25H19Cl2N5O2/c1-14-21(24(34)29-17-7-3-2-4-8-17)22(15-6-5-9-18(33)12-15)32-25(28-14)30-23(31-32)19-11-10-16(26)13-20(19)27/h2-13,22,33H,1H3,(H,29,34)(H,28,30,31)/t22-/m0/s1. The SMILES string of the molecule is CC1=C(C(=O)Nc2ccccc2)[C@H](c2cccc(O)c2)n2nc(-c3ccc(Cl)cc3Cl)nc2N1. The zero-order valence-electron chi connectivity index (χ0n) is 18.0. The van der Waals surface area contributed by atoms with Crippen LogP contribution in [-0.4, -0.2) is 25.8 Å². The molecule has 0 saturated carbocycles. The van der Waals surface area contributed by atoms with Crippen molar-refractivity contribution >= 4 is 40.7 Å². The molecule has 0 unspecified atom stereocenters. The van der Waals surface area contributed by atoms with Crippen molar-refractivity contribution in [2.24, 2.45) is 0 Å². The molecule has 0 spiro atoms. The van der Waals surface area contributed by atoms with Crippen molar-refractivity contribution < 1.29 is 9.90 Å². The third-order valence-electron chi connectivity index (χ3n) is 5.49. The minimum atomic E-state index is -0.639. The first kappa shape index (κ1) is 22.0. The number of amides is 1. The predicted molar refractivity (Wildman–Crippen MR) is 133 cm³/mol. The number of hydrogen-bond donors (Lipinski definition) is 3. The van der Waals surface area contributed by atoms with Gasteiger partial charge in [0.05, 0.1) is 10.6 Å². The van der Waals surface area contributed by atoms with Crippen LogP contribution in [0.5, 0.6) is 5.75 Å². The monoisotopic (exact) mass is 491 g/mol. The third kappa shape index (κ3) is 4.11. The van der Waals surface area contributed by atoms with Gasteiger partial charge in [-0.3, -0.25) is 4.79 Å². The summed E-state index contributed by atoms with van der Waals surface area (Å²) in [6.45, 7) is 1.81. The molecular formula is C25H19Cl2N5O2. The highest BCUT2D eigenvalue weighted by atomic mass is 35.5. The summed E-state index contributed by atoms with van der Waals surface area (Å²) in [6.07, 6.45) is 0. The van der Waals surface area contributed by atoms with E-state index in [0.717, 1.165) is 0 Å². The molecule has 1 amide bonds. The van der Waals surface area contributed by atoms with Crippen molar-refractivity contribution in [1.82, 2.24) is 14.8 Å². The van der Waals surface area contributed by atoms with Crippen LogP contribution < -0.4 is 10.6 Å². The van der Waals surface area contributed by atoms with Crippen LogP contribution in [0.2, 0.25) is 10.0 Å². The topological polar surface area (TPSA) is 92.1 Å². The summed E-state index contributed by atoms with van der Waals surface area (Å²) < 4.78 is 1.63. The number of phenolic OH excluding ortho intramolecular Hbond substituents is 1. The molecule has 170 valence electrons. The summed E-state index contributed by atoms with van der Waals surface area (Å²) in [5.41, 5.74) is 3.02. The number of halogens is 2. The normalized spacial score (nSPS) is 15.0. The Morgan fingerprint density at radius 3 is 2.59 bits per heavy atom. The maximum absolute atomic E-state index is 13.5. The Bertz CT molecular complexity index is 1430. The third-order valence-corrected chi connectivity index (χ3v) is 6.03.